The third-order valence-corrected chi connectivity index (χ3v) is 3.71. The van der Waals surface area contributed by atoms with E-state index in [4.69, 9.17) is 11.6 Å². The van der Waals surface area contributed by atoms with E-state index in [1.54, 1.807) is 39.9 Å². The van der Waals surface area contributed by atoms with Crippen molar-refractivity contribution in [2.45, 2.75) is 13.1 Å². The van der Waals surface area contributed by atoms with Crippen LogP contribution < -0.4 is 11.0 Å². The zero-order valence-electron chi connectivity index (χ0n) is 9.52. The summed E-state index contributed by atoms with van der Waals surface area (Å²) in [6.45, 7) is 2.23. The maximum atomic E-state index is 11.5. The topological polar surface area (TPSA) is 39.0 Å². The van der Waals surface area contributed by atoms with Crippen molar-refractivity contribution in [2.24, 2.45) is 7.05 Å². The number of rotatable bonds is 5. The van der Waals surface area contributed by atoms with Gasteiger partial charge in [-0.05, 0) is 12.1 Å². The predicted molar refractivity (Wildman–Crippen MR) is 70.7 cm³/mol. The largest absolute Gasteiger partial charge is 0.327 e. The number of aryl methyl sites for hydroxylation is 1. The van der Waals surface area contributed by atoms with Gasteiger partial charge in [0.15, 0.2) is 0 Å². The summed E-state index contributed by atoms with van der Waals surface area (Å²) in [5, 5.41) is 3.28. The average Bonchev–Trinajstić information content (AvgIpc) is 2.84. The first-order valence-corrected chi connectivity index (χ1v) is 6.53. The van der Waals surface area contributed by atoms with Crippen molar-refractivity contribution in [3.05, 3.63) is 44.2 Å². The van der Waals surface area contributed by atoms with Crippen molar-refractivity contribution in [3.63, 3.8) is 0 Å². The van der Waals surface area contributed by atoms with Gasteiger partial charge in [0, 0.05) is 44.0 Å². The minimum absolute atomic E-state index is 0.0194. The zero-order chi connectivity index (χ0) is 12.3. The van der Waals surface area contributed by atoms with Crippen molar-refractivity contribution >= 4 is 22.9 Å². The van der Waals surface area contributed by atoms with Crippen LogP contribution in [-0.4, -0.2) is 15.7 Å². The molecule has 1 N–H and O–H groups in total. The monoisotopic (exact) mass is 271 g/mol. The Morgan fingerprint density at radius 1 is 1.41 bits per heavy atom. The van der Waals surface area contributed by atoms with Crippen molar-refractivity contribution in [3.8, 4) is 0 Å². The molecule has 2 heterocycles. The lowest BCUT2D eigenvalue weighted by Crippen LogP contribution is -2.27. The summed E-state index contributed by atoms with van der Waals surface area (Å²) in [6.07, 6.45) is 3.56. The molecule has 0 amide bonds. The fraction of sp³-hybridized carbons (Fsp3) is 0.364. The molecule has 0 aliphatic rings. The van der Waals surface area contributed by atoms with Gasteiger partial charge in [-0.2, -0.15) is 0 Å². The molecule has 2 rings (SSSR count). The summed E-state index contributed by atoms with van der Waals surface area (Å²) in [6, 6.07) is 3.90. The highest BCUT2D eigenvalue weighted by Gasteiger charge is 2.00. The number of thiophene rings is 1. The third kappa shape index (κ3) is 3.21. The van der Waals surface area contributed by atoms with Crippen LogP contribution in [0.2, 0.25) is 4.34 Å². The first kappa shape index (κ1) is 12.4. The van der Waals surface area contributed by atoms with Crippen LogP contribution in [0.5, 0.6) is 0 Å². The average molecular weight is 272 g/mol. The molecule has 6 heteroatoms. The molecule has 2 aromatic heterocycles. The van der Waals surface area contributed by atoms with Crippen LogP contribution in [0.3, 0.4) is 0 Å². The fourth-order valence-corrected chi connectivity index (χ4v) is 2.60. The Bertz CT molecular complexity index is 543. The predicted octanol–water partition coefficient (Wildman–Crippen LogP) is 1.69. The van der Waals surface area contributed by atoms with E-state index in [2.05, 4.69) is 5.32 Å². The van der Waals surface area contributed by atoms with Crippen molar-refractivity contribution in [2.75, 3.05) is 6.54 Å². The molecule has 0 radical (unpaired) electrons. The number of aromatic nitrogens is 2. The number of hydrogen-bond donors (Lipinski definition) is 1. The Hall–Kier alpha value is -1.04. The number of nitrogens with zero attached hydrogens (tertiary/aromatic N) is 2. The second kappa shape index (κ2) is 5.53. The van der Waals surface area contributed by atoms with Gasteiger partial charge in [-0.15, -0.1) is 11.3 Å². The Kier molecular flexibility index (Phi) is 4.04. The molecular formula is C11H14ClN3OS. The number of nitrogens with one attached hydrogen (secondary N) is 1. The van der Waals surface area contributed by atoms with E-state index >= 15 is 0 Å². The number of hydrogen-bond acceptors (Lipinski definition) is 3. The Morgan fingerprint density at radius 3 is 2.82 bits per heavy atom. The minimum atomic E-state index is 0.0194. The van der Waals surface area contributed by atoms with E-state index in [1.807, 2.05) is 12.1 Å². The van der Waals surface area contributed by atoms with Gasteiger partial charge >= 0.3 is 5.69 Å². The van der Waals surface area contributed by atoms with Gasteiger partial charge in [0.2, 0.25) is 0 Å². The molecule has 17 heavy (non-hydrogen) atoms. The molecule has 4 nitrogen and oxygen atoms in total. The molecule has 0 aromatic carbocycles. The maximum Gasteiger partial charge on any atom is 0.327 e. The lowest BCUT2D eigenvalue weighted by molar-refractivity contribution is 0.580. The summed E-state index contributed by atoms with van der Waals surface area (Å²) < 4.78 is 4.06. The highest BCUT2D eigenvalue weighted by molar-refractivity contribution is 7.16. The molecule has 0 bridgehead atoms. The quantitative estimate of drug-likeness (QED) is 0.841. The number of imidazole rings is 1. The second-order valence-corrected chi connectivity index (χ2v) is 5.57. The Labute approximate surface area is 108 Å². The molecule has 2 aromatic rings. The summed E-state index contributed by atoms with van der Waals surface area (Å²) in [7, 11) is 1.75. The number of halogens is 1. The van der Waals surface area contributed by atoms with E-state index in [0.717, 1.165) is 17.4 Å². The third-order valence-electron chi connectivity index (χ3n) is 2.48. The van der Waals surface area contributed by atoms with Crippen molar-refractivity contribution < 1.29 is 0 Å². The van der Waals surface area contributed by atoms with Gasteiger partial charge in [-0.1, -0.05) is 11.6 Å². The van der Waals surface area contributed by atoms with Crippen LogP contribution in [0, 0.1) is 0 Å². The summed E-state index contributed by atoms with van der Waals surface area (Å²) in [4.78, 5) is 12.7. The molecule has 0 aliphatic heterocycles. The van der Waals surface area contributed by atoms with Crippen LogP contribution >= 0.6 is 22.9 Å². The highest BCUT2D eigenvalue weighted by atomic mass is 35.5. The van der Waals surface area contributed by atoms with Crippen LogP contribution in [0.25, 0.3) is 0 Å². The molecular weight excluding hydrogens is 258 g/mol. The van der Waals surface area contributed by atoms with Crippen LogP contribution in [0.1, 0.15) is 4.88 Å². The molecule has 0 saturated heterocycles. The van der Waals surface area contributed by atoms with Crippen LogP contribution in [0.15, 0.2) is 29.3 Å². The Balaban J connectivity index is 1.77. The fourth-order valence-electron chi connectivity index (χ4n) is 1.54. The van der Waals surface area contributed by atoms with Gasteiger partial charge in [0.1, 0.15) is 0 Å². The van der Waals surface area contributed by atoms with Gasteiger partial charge in [-0.25, -0.2) is 4.79 Å². The van der Waals surface area contributed by atoms with E-state index in [9.17, 15) is 4.79 Å². The summed E-state index contributed by atoms with van der Waals surface area (Å²) >= 11 is 7.41. The van der Waals surface area contributed by atoms with Gasteiger partial charge in [0.25, 0.3) is 0 Å². The zero-order valence-corrected chi connectivity index (χ0v) is 11.1. The van der Waals surface area contributed by atoms with Gasteiger partial charge < -0.3 is 9.88 Å². The van der Waals surface area contributed by atoms with E-state index in [1.165, 1.54) is 4.88 Å². The first-order chi connectivity index (χ1) is 8.16. The minimum Gasteiger partial charge on any atom is -0.310 e. The molecule has 0 saturated carbocycles. The lowest BCUT2D eigenvalue weighted by Gasteiger charge is -2.03. The molecule has 92 valence electrons. The first-order valence-electron chi connectivity index (χ1n) is 5.33. The smallest absolute Gasteiger partial charge is 0.310 e. The maximum absolute atomic E-state index is 11.5. The van der Waals surface area contributed by atoms with E-state index < -0.39 is 0 Å². The highest BCUT2D eigenvalue weighted by Crippen LogP contribution is 2.20. The van der Waals surface area contributed by atoms with Crippen molar-refractivity contribution in [1.82, 2.24) is 14.5 Å². The lowest BCUT2D eigenvalue weighted by atomic mass is 10.4. The summed E-state index contributed by atoms with van der Waals surface area (Å²) in [5.74, 6) is 0. The SMILES string of the molecule is Cn1ccn(CCNCc2ccc(Cl)s2)c1=O. The van der Waals surface area contributed by atoms with Crippen LogP contribution in [-0.2, 0) is 20.1 Å². The molecule has 0 aliphatic carbocycles. The van der Waals surface area contributed by atoms with E-state index in [-0.39, 0.29) is 5.69 Å². The molecule has 0 unspecified atom stereocenters. The molecule has 0 fully saturated rings. The van der Waals surface area contributed by atoms with Crippen LogP contribution in [0.4, 0.5) is 0 Å². The molecule has 0 spiro atoms. The Morgan fingerprint density at radius 2 is 2.24 bits per heavy atom. The van der Waals surface area contributed by atoms with Crippen molar-refractivity contribution in [1.29, 1.82) is 0 Å². The second-order valence-electron chi connectivity index (χ2n) is 3.77. The van der Waals surface area contributed by atoms with E-state index in [0.29, 0.717) is 6.54 Å². The van der Waals surface area contributed by atoms with Gasteiger partial charge in [-0.3, -0.25) is 4.57 Å². The normalized spacial score (nSPS) is 10.9. The molecule has 0 atom stereocenters. The summed E-state index contributed by atoms with van der Waals surface area (Å²) in [5.41, 5.74) is 0.0194. The van der Waals surface area contributed by atoms with Gasteiger partial charge in [0.05, 0.1) is 4.34 Å². The standard InChI is InChI=1S/C11H14ClN3OS/c1-14-6-7-15(11(14)16)5-4-13-8-9-2-3-10(12)17-9/h2-3,6-7,13H,4-5,8H2,1H3.